The van der Waals surface area contributed by atoms with Crippen LogP contribution in [0.1, 0.15) is 33.6 Å². The molecule has 0 saturated heterocycles. The molecule has 0 radical (unpaired) electrons. The number of nitrogens with one attached hydrogen (secondary N) is 1. The van der Waals surface area contributed by atoms with E-state index in [4.69, 9.17) is 4.74 Å². The lowest BCUT2D eigenvalue weighted by atomic mass is 9.90. The largest absolute Gasteiger partial charge is 0.383 e. The molecule has 0 aromatic carbocycles. The Balaban J connectivity index is 4.40. The van der Waals surface area contributed by atoms with Crippen molar-refractivity contribution in [3.63, 3.8) is 0 Å². The second-order valence-corrected chi connectivity index (χ2v) is 4.95. The SMILES string of the molecule is CCCCN(C)C(=O)C(C)(C)C(=O)NCCOC. The maximum absolute atomic E-state index is 12.2. The van der Waals surface area contributed by atoms with Gasteiger partial charge in [-0.3, -0.25) is 9.59 Å². The average Bonchev–Trinajstić information content (AvgIpc) is 2.34. The minimum Gasteiger partial charge on any atom is -0.383 e. The van der Waals surface area contributed by atoms with Gasteiger partial charge in [0.15, 0.2) is 0 Å². The van der Waals surface area contributed by atoms with E-state index in [1.165, 1.54) is 0 Å². The summed E-state index contributed by atoms with van der Waals surface area (Å²) >= 11 is 0. The zero-order valence-corrected chi connectivity index (χ0v) is 12.2. The fraction of sp³-hybridized carbons (Fsp3) is 0.846. The van der Waals surface area contributed by atoms with Crippen LogP contribution in [-0.4, -0.2) is 50.6 Å². The third-order valence-electron chi connectivity index (χ3n) is 2.89. The molecule has 0 fully saturated rings. The van der Waals surface area contributed by atoms with Crippen LogP contribution in [0.3, 0.4) is 0 Å². The van der Waals surface area contributed by atoms with Crippen molar-refractivity contribution in [2.45, 2.75) is 33.6 Å². The summed E-state index contributed by atoms with van der Waals surface area (Å²) in [5.41, 5.74) is -1.03. The van der Waals surface area contributed by atoms with Gasteiger partial charge in [-0.25, -0.2) is 0 Å². The molecular weight excluding hydrogens is 232 g/mol. The molecule has 0 heterocycles. The summed E-state index contributed by atoms with van der Waals surface area (Å²) in [5, 5.41) is 2.70. The van der Waals surface area contributed by atoms with Gasteiger partial charge in [-0.05, 0) is 20.3 Å². The van der Waals surface area contributed by atoms with Gasteiger partial charge in [0.05, 0.1) is 6.61 Å². The number of hydrogen-bond acceptors (Lipinski definition) is 3. The molecule has 0 aromatic rings. The van der Waals surface area contributed by atoms with E-state index >= 15 is 0 Å². The summed E-state index contributed by atoms with van der Waals surface area (Å²) in [7, 11) is 3.31. The standard InChI is InChI=1S/C13H26N2O3/c1-6-7-9-15(4)12(17)13(2,3)11(16)14-8-10-18-5/h6-10H2,1-5H3,(H,14,16). The van der Waals surface area contributed by atoms with E-state index in [9.17, 15) is 9.59 Å². The van der Waals surface area contributed by atoms with Crippen LogP contribution in [-0.2, 0) is 14.3 Å². The minimum atomic E-state index is -1.03. The van der Waals surface area contributed by atoms with Crippen molar-refractivity contribution in [3.8, 4) is 0 Å². The van der Waals surface area contributed by atoms with E-state index in [0.29, 0.717) is 19.7 Å². The van der Waals surface area contributed by atoms with Gasteiger partial charge >= 0.3 is 0 Å². The fourth-order valence-corrected chi connectivity index (χ4v) is 1.56. The van der Waals surface area contributed by atoms with E-state index in [-0.39, 0.29) is 11.8 Å². The van der Waals surface area contributed by atoms with Gasteiger partial charge in [0.2, 0.25) is 11.8 Å². The lowest BCUT2D eigenvalue weighted by Crippen LogP contribution is -2.49. The van der Waals surface area contributed by atoms with Crippen LogP contribution in [0.15, 0.2) is 0 Å². The van der Waals surface area contributed by atoms with Gasteiger partial charge < -0.3 is 15.0 Å². The van der Waals surface area contributed by atoms with Crippen LogP contribution in [0, 0.1) is 5.41 Å². The molecule has 0 unspecified atom stereocenters. The summed E-state index contributed by atoms with van der Waals surface area (Å²) in [6.45, 7) is 6.93. The van der Waals surface area contributed by atoms with Crippen molar-refractivity contribution >= 4 is 11.8 Å². The summed E-state index contributed by atoms with van der Waals surface area (Å²) in [5.74, 6) is -0.404. The second kappa shape index (κ2) is 8.08. The first-order valence-electron chi connectivity index (χ1n) is 6.40. The van der Waals surface area contributed by atoms with Crippen LogP contribution >= 0.6 is 0 Å². The Morgan fingerprint density at radius 1 is 1.33 bits per heavy atom. The number of nitrogens with zero attached hydrogens (tertiary/aromatic N) is 1. The van der Waals surface area contributed by atoms with Gasteiger partial charge in [0.25, 0.3) is 0 Å². The molecule has 0 bridgehead atoms. The number of carbonyl (C=O) groups is 2. The number of methoxy groups -OCH3 is 1. The third kappa shape index (κ3) is 5.04. The topological polar surface area (TPSA) is 58.6 Å². The summed E-state index contributed by atoms with van der Waals surface area (Å²) in [6, 6.07) is 0. The average molecular weight is 258 g/mol. The molecule has 0 aliphatic heterocycles. The smallest absolute Gasteiger partial charge is 0.237 e. The highest BCUT2D eigenvalue weighted by Crippen LogP contribution is 2.18. The van der Waals surface area contributed by atoms with Crippen LogP contribution in [0.5, 0.6) is 0 Å². The van der Waals surface area contributed by atoms with E-state index in [1.807, 2.05) is 0 Å². The van der Waals surface area contributed by atoms with E-state index in [0.717, 1.165) is 12.8 Å². The molecule has 0 aromatic heterocycles. The Hall–Kier alpha value is -1.10. The number of carbonyl (C=O) groups excluding carboxylic acids is 2. The molecule has 1 N–H and O–H groups in total. The molecule has 18 heavy (non-hydrogen) atoms. The number of hydrogen-bond donors (Lipinski definition) is 1. The molecule has 2 amide bonds. The molecule has 0 saturated carbocycles. The zero-order chi connectivity index (χ0) is 14.2. The Morgan fingerprint density at radius 2 is 1.94 bits per heavy atom. The third-order valence-corrected chi connectivity index (χ3v) is 2.89. The van der Waals surface area contributed by atoms with E-state index < -0.39 is 5.41 Å². The second-order valence-electron chi connectivity index (χ2n) is 4.95. The molecular formula is C13H26N2O3. The summed E-state index contributed by atoms with van der Waals surface area (Å²) in [4.78, 5) is 25.7. The van der Waals surface area contributed by atoms with E-state index in [1.54, 1.807) is 32.9 Å². The van der Waals surface area contributed by atoms with Gasteiger partial charge in [-0.2, -0.15) is 0 Å². The number of unbranched alkanes of at least 4 members (excludes halogenated alkanes) is 1. The lowest BCUT2D eigenvalue weighted by Gasteiger charge is -2.28. The lowest BCUT2D eigenvalue weighted by molar-refractivity contribution is -0.147. The van der Waals surface area contributed by atoms with Crippen LogP contribution in [0.25, 0.3) is 0 Å². The zero-order valence-electron chi connectivity index (χ0n) is 12.2. The highest BCUT2D eigenvalue weighted by Gasteiger charge is 2.37. The Kier molecular flexibility index (Phi) is 7.59. The highest BCUT2D eigenvalue weighted by atomic mass is 16.5. The number of rotatable bonds is 8. The molecule has 0 aliphatic rings. The van der Waals surface area contributed by atoms with Gasteiger partial charge in [-0.1, -0.05) is 13.3 Å². The first-order valence-corrected chi connectivity index (χ1v) is 6.40. The van der Waals surface area contributed by atoms with Crippen LogP contribution in [0.4, 0.5) is 0 Å². The molecule has 0 atom stereocenters. The maximum Gasteiger partial charge on any atom is 0.237 e. The predicted molar refractivity (Wildman–Crippen MR) is 71.2 cm³/mol. The first-order chi connectivity index (χ1) is 8.37. The maximum atomic E-state index is 12.2. The summed E-state index contributed by atoms with van der Waals surface area (Å²) in [6.07, 6.45) is 1.97. The Bertz CT molecular complexity index is 277. The number of amides is 2. The Morgan fingerprint density at radius 3 is 2.44 bits per heavy atom. The van der Waals surface area contributed by atoms with Crippen molar-refractivity contribution < 1.29 is 14.3 Å². The van der Waals surface area contributed by atoms with Gasteiger partial charge in [0.1, 0.15) is 5.41 Å². The van der Waals surface area contributed by atoms with Crippen molar-refractivity contribution in [2.75, 3.05) is 33.9 Å². The van der Waals surface area contributed by atoms with Crippen molar-refractivity contribution in [2.24, 2.45) is 5.41 Å². The number of ether oxygens (including phenoxy) is 1. The molecule has 5 nitrogen and oxygen atoms in total. The molecule has 5 heteroatoms. The minimum absolute atomic E-state index is 0.147. The monoisotopic (exact) mass is 258 g/mol. The molecule has 0 spiro atoms. The van der Waals surface area contributed by atoms with Gasteiger partial charge in [0, 0.05) is 27.2 Å². The molecule has 0 rings (SSSR count). The van der Waals surface area contributed by atoms with Crippen LogP contribution in [0.2, 0.25) is 0 Å². The first kappa shape index (κ1) is 16.9. The van der Waals surface area contributed by atoms with Crippen molar-refractivity contribution in [1.29, 1.82) is 0 Å². The summed E-state index contributed by atoms with van der Waals surface area (Å²) < 4.78 is 4.86. The predicted octanol–water partition coefficient (Wildman–Crippen LogP) is 1.03. The normalized spacial score (nSPS) is 11.2. The van der Waals surface area contributed by atoms with Crippen LogP contribution < -0.4 is 5.32 Å². The van der Waals surface area contributed by atoms with E-state index in [2.05, 4.69) is 12.2 Å². The fourth-order valence-electron chi connectivity index (χ4n) is 1.56. The molecule has 106 valence electrons. The highest BCUT2D eigenvalue weighted by molar-refractivity contribution is 6.04. The quantitative estimate of drug-likeness (QED) is 0.522. The van der Waals surface area contributed by atoms with Crippen molar-refractivity contribution in [3.05, 3.63) is 0 Å². The Labute approximate surface area is 110 Å². The van der Waals surface area contributed by atoms with Gasteiger partial charge in [-0.15, -0.1) is 0 Å². The van der Waals surface area contributed by atoms with Crippen molar-refractivity contribution in [1.82, 2.24) is 10.2 Å². The molecule has 0 aliphatic carbocycles.